The van der Waals surface area contributed by atoms with Crippen molar-refractivity contribution in [1.82, 2.24) is 20.1 Å². The van der Waals surface area contributed by atoms with E-state index in [4.69, 9.17) is 16.3 Å². The van der Waals surface area contributed by atoms with Gasteiger partial charge in [-0.2, -0.15) is 5.10 Å². The van der Waals surface area contributed by atoms with Gasteiger partial charge in [0.15, 0.2) is 0 Å². The molecule has 0 bridgehead atoms. The van der Waals surface area contributed by atoms with Gasteiger partial charge in [-0.3, -0.25) is 4.68 Å². The van der Waals surface area contributed by atoms with E-state index in [2.05, 4.69) is 48.3 Å². The van der Waals surface area contributed by atoms with Crippen molar-refractivity contribution in [3.8, 4) is 0 Å². The number of halogens is 1. The molecule has 4 rings (SSSR count). The fourth-order valence-corrected chi connectivity index (χ4v) is 4.58. The van der Waals surface area contributed by atoms with E-state index in [-0.39, 0.29) is 17.1 Å². The van der Waals surface area contributed by atoms with Crippen molar-refractivity contribution in [1.29, 1.82) is 0 Å². The Morgan fingerprint density at radius 3 is 2.68 bits per heavy atom. The SMILES string of the molecule is Cc1cc2c(cc1Cl)C1(CCNCC1)O[C@@H]2C(C)(C)c1ncnn1C. The molecule has 1 atom stereocenters. The third kappa shape index (κ3) is 2.52. The van der Waals surface area contributed by atoms with Crippen LogP contribution in [-0.4, -0.2) is 27.9 Å². The normalized spacial score (nSPS) is 22.4. The molecule has 3 heterocycles. The van der Waals surface area contributed by atoms with Crippen molar-refractivity contribution in [2.24, 2.45) is 7.05 Å². The minimum absolute atomic E-state index is 0.0699. The summed E-state index contributed by atoms with van der Waals surface area (Å²) in [4.78, 5) is 4.51. The summed E-state index contributed by atoms with van der Waals surface area (Å²) in [6.45, 7) is 8.36. The van der Waals surface area contributed by atoms with Crippen molar-refractivity contribution in [2.75, 3.05) is 13.1 Å². The van der Waals surface area contributed by atoms with E-state index in [1.54, 1.807) is 6.33 Å². The quantitative estimate of drug-likeness (QED) is 0.891. The Kier molecular flexibility index (Phi) is 3.94. The number of nitrogens with one attached hydrogen (secondary N) is 1. The van der Waals surface area contributed by atoms with Gasteiger partial charge in [-0.15, -0.1) is 0 Å². The lowest BCUT2D eigenvalue weighted by atomic mass is 9.79. The van der Waals surface area contributed by atoms with Crippen LogP contribution >= 0.6 is 11.6 Å². The number of hydrogen-bond donors (Lipinski definition) is 1. The number of piperidine rings is 1. The minimum atomic E-state index is -0.297. The van der Waals surface area contributed by atoms with Gasteiger partial charge in [0, 0.05) is 12.1 Å². The molecule has 2 aliphatic rings. The highest BCUT2D eigenvalue weighted by Crippen LogP contribution is 2.55. The Morgan fingerprint density at radius 2 is 2.04 bits per heavy atom. The summed E-state index contributed by atoms with van der Waals surface area (Å²) < 4.78 is 8.68. The van der Waals surface area contributed by atoms with Crippen LogP contribution in [0.15, 0.2) is 18.5 Å². The predicted octanol–water partition coefficient (Wildman–Crippen LogP) is 3.40. The molecule has 1 aromatic carbocycles. The van der Waals surface area contributed by atoms with Crippen molar-refractivity contribution in [2.45, 2.75) is 50.7 Å². The lowest BCUT2D eigenvalue weighted by molar-refractivity contribution is -0.118. The highest BCUT2D eigenvalue weighted by atomic mass is 35.5. The van der Waals surface area contributed by atoms with Crippen molar-refractivity contribution < 1.29 is 4.74 Å². The molecule has 134 valence electrons. The molecule has 2 aliphatic heterocycles. The number of benzene rings is 1. The molecule has 25 heavy (non-hydrogen) atoms. The van der Waals surface area contributed by atoms with Crippen LogP contribution in [-0.2, 0) is 22.8 Å². The maximum Gasteiger partial charge on any atom is 0.138 e. The van der Waals surface area contributed by atoms with Crippen molar-refractivity contribution in [3.63, 3.8) is 0 Å². The third-order valence-electron chi connectivity index (χ3n) is 5.80. The average molecular weight is 361 g/mol. The van der Waals surface area contributed by atoms with E-state index in [9.17, 15) is 0 Å². The standard InChI is InChI=1S/C19H25ClN4O/c1-12-9-13-14(10-15(12)20)19(5-7-21-8-6-19)25-16(13)18(2,3)17-22-11-23-24(17)4/h9-11,16,21H,5-8H2,1-4H3/t16-/m0/s1. The average Bonchev–Trinajstić information content (AvgIpc) is 3.13. The van der Waals surface area contributed by atoms with E-state index in [0.717, 1.165) is 42.3 Å². The first-order chi connectivity index (χ1) is 11.8. The van der Waals surface area contributed by atoms with Gasteiger partial charge < -0.3 is 10.1 Å². The molecular formula is C19H25ClN4O. The molecule has 0 aliphatic carbocycles. The molecule has 2 aromatic rings. The third-order valence-corrected chi connectivity index (χ3v) is 6.21. The Hall–Kier alpha value is -1.43. The fourth-order valence-electron chi connectivity index (χ4n) is 4.42. The van der Waals surface area contributed by atoms with Gasteiger partial charge in [0.05, 0.1) is 17.1 Å². The maximum atomic E-state index is 6.83. The molecule has 1 saturated heterocycles. The lowest BCUT2D eigenvalue weighted by Crippen LogP contribution is -2.41. The Labute approximate surface area is 153 Å². The molecule has 5 nitrogen and oxygen atoms in total. The van der Waals surface area contributed by atoms with Crippen LogP contribution in [0.3, 0.4) is 0 Å². The van der Waals surface area contributed by atoms with Crippen molar-refractivity contribution >= 4 is 11.6 Å². The van der Waals surface area contributed by atoms with E-state index >= 15 is 0 Å². The first kappa shape index (κ1) is 17.0. The van der Waals surface area contributed by atoms with Gasteiger partial charge in [0.25, 0.3) is 0 Å². The molecule has 1 fully saturated rings. The number of rotatable bonds is 2. The van der Waals surface area contributed by atoms with Crippen LogP contribution in [0.1, 0.15) is 55.3 Å². The lowest BCUT2D eigenvalue weighted by Gasteiger charge is -2.37. The zero-order chi connectivity index (χ0) is 17.8. The van der Waals surface area contributed by atoms with Crippen LogP contribution < -0.4 is 5.32 Å². The zero-order valence-corrected chi connectivity index (χ0v) is 16.0. The predicted molar refractivity (Wildman–Crippen MR) is 97.8 cm³/mol. The van der Waals surface area contributed by atoms with Gasteiger partial charge in [-0.1, -0.05) is 17.7 Å². The molecule has 0 amide bonds. The topological polar surface area (TPSA) is 52.0 Å². The van der Waals surface area contributed by atoms with Crippen LogP contribution in [0.4, 0.5) is 0 Å². The van der Waals surface area contributed by atoms with Crippen LogP contribution in [0.2, 0.25) is 5.02 Å². The molecular weight excluding hydrogens is 336 g/mol. The summed E-state index contributed by atoms with van der Waals surface area (Å²) in [5.41, 5.74) is 3.04. The molecule has 1 N–H and O–H groups in total. The van der Waals surface area contributed by atoms with Crippen LogP contribution in [0.25, 0.3) is 0 Å². The van der Waals surface area contributed by atoms with E-state index in [0.29, 0.717) is 0 Å². The van der Waals surface area contributed by atoms with Crippen LogP contribution in [0, 0.1) is 6.92 Å². The Bertz CT molecular complexity index is 808. The highest BCUT2D eigenvalue weighted by Gasteiger charge is 2.51. The van der Waals surface area contributed by atoms with Crippen LogP contribution in [0.5, 0.6) is 0 Å². The number of aromatic nitrogens is 3. The van der Waals surface area contributed by atoms with Gasteiger partial charge in [0.2, 0.25) is 0 Å². The largest absolute Gasteiger partial charge is 0.361 e. The second-order valence-electron chi connectivity index (χ2n) is 7.86. The Balaban J connectivity index is 1.86. The summed E-state index contributed by atoms with van der Waals surface area (Å²) in [5.74, 6) is 0.932. The van der Waals surface area contributed by atoms with Gasteiger partial charge in [-0.05, 0) is 69.5 Å². The van der Waals surface area contributed by atoms with E-state index in [1.807, 2.05) is 11.7 Å². The first-order valence-corrected chi connectivity index (χ1v) is 9.26. The molecule has 0 saturated carbocycles. The van der Waals surface area contributed by atoms with Crippen molar-refractivity contribution in [3.05, 3.63) is 46.0 Å². The zero-order valence-electron chi connectivity index (χ0n) is 15.3. The maximum absolute atomic E-state index is 6.83. The smallest absolute Gasteiger partial charge is 0.138 e. The molecule has 0 unspecified atom stereocenters. The minimum Gasteiger partial charge on any atom is -0.361 e. The number of nitrogens with zero attached hydrogens (tertiary/aromatic N) is 3. The second-order valence-corrected chi connectivity index (χ2v) is 8.27. The molecule has 1 aromatic heterocycles. The second kappa shape index (κ2) is 5.79. The summed E-state index contributed by atoms with van der Waals surface area (Å²) in [6, 6.07) is 4.33. The number of aryl methyl sites for hydroxylation is 2. The highest BCUT2D eigenvalue weighted by molar-refractivity contribution is 6.31. The summed E-state index contributed by atoms with van der Waals surface area (Å²) >= 11 is 6.48. The summed E-state index contributed by atoms with van der Waals surface area (Å²) in [5, 5.41) is 8.53. The molecule has 0 radical (unpaired) electrons. The van der Waals surface area contributed by atoms with Gasteiger partial charge in [-0.25, -0.2) is 4.98 Å². The number of fused-ring (bicyclic) bond motifs is 2. The summed E-state index contributed by atoms with van der Waals surface area (Å²) in [6.07, 6.45) is 3.47. The number of hydrogen-bond acceptors (Lipinski definition) is 4. The molecule has 1 spiro atoms. The number of ether oxygens (including phenoxy) is 1. The molecule has 6 heteroatoms. The summed E-state index contributed by atoms with van der Waals surface area (Å²) in [7, 11) is 1.94. The monoisotopic (exact) mass is 360 g/mol. The van der Waals surface area contributed by atoms with E-state index in [1.165, 1.54) is 11.1 Å². The Morgan fingerprint density at radius 1 is 1.32 bits per heavy atom. The van der Waals surface area contributed by atoms with Gasteiger partial charge in [0.1, 0.15) is 12.2 Å². The van der Waals surface area contributed by atoms with E-state index < -0.39 is 0 Å². The first-order valence-electron chi connectivity index (χ1n) is 8.89. The fraction of sp³-hybridized carbons (Fsp3) is 0.579. The van der Waals surface area contributed by atoms with Gasteiger partial charge >= 0.3 is 0 Å².